The molecular formula is C16H14BrN3O3S. The van der Waals surface area contributed by atoms with Crippen molar-refractivity contribution in [2.45, 2.75) is 0 Å². The van der Waals surface area contributed by atoms with Gasteiger partial charge in [-0.1, -0.05) is 0 Å². The van der Waals surface area contributed by atoms with Gasteiger partial charge in [0.25, 0.3) is 0 Å². The number of benzene rings is 2. The van der Waals surface area contributed by atoms with Crippen molar-refractivity contribution in [1.82, 2.24) is 5.43 Å². The minimum Gasteiger partial charge on any atom is -0.497 e. The Morgan fingerprint density at radius 3 is 2.67 bits per heavy atom. The first kappa shape index (κ1) is 16.5. The van der Waals surface area contributed by atoms with Crippen molar-refractivity contribution in [1.29, 1.82) is 0 Å². The lowest BCUT2D eigenvalue weighted by Gasteiger charge is -2.08. The molecule has 0 unspecified atom stereocenters. The summed E-state index contributed by atoms with van der Waals surface area (Å²) in [5, 5.41) is 7.54. The third kappa shape index (κ3) is 3.95. The average Bonchev–Trinajstić information content (AvgIpc) is 3.02. The van der Waals surface area contributed by atoms with Crippen LogP contribution in [0.1, 0.15) is 5.56 Å². The van der Waals surface area contributed by atoms with Gasteiger partial charge in [-0.3, -0.25) is 5.43 Å². The van der Waals surface area contributed by atoms with Crippen LogP contribution in [-0.2, 0) is 0 Å². The summed E-state index contributed by atoms with van der Waals surface area (Å²) in [4.78, 5) is 0. The van der Waals surface area contributed by atoms with Crippen LogP contribution in [0.25, 0.3) is 0 Å². The molecule has 0 atom stereocenters. The molecule has 1 aliphatic heterocycles. The predicted molar refractivity (Wildman–Crippen MR) is 100 cm³/mol. The monoisotopic (exact) mass is 407 g/mol. The van der Waals surface area contributed by atoms with Crippen LogP contribution in [-0.4, -0.2) is 25.2 Å². The lowest BCUT2D eigenvalue weighted by atomic mass is 10.2. The highest BCUT2D eigenvalue weighted by Crippen LogP contribution is 2.36. The van der Waals surface area contributed by atoms with Gasteiger partial charge in [-0.15, -0.1) is 0 Å². The van der Waals surface area contributed by atoms with E-state index in [0.717, 1.165) is 21.5 Å². The van der Waals surface area contributed by atoms with Crippen LogP contribution in [0.15, 0.2) is 46.0 Å². The van der Waals surface area contributed by atoms with Crippen LogP contribution in [0, 0.1) is 0 Å². The summed E-state index contributed by atoms with van der Waals surface area (Å²) in [6.07, 6.45) is 1.65. The van der Waals surface area contributed by atoms with Crippen LogP contribution < -0.4 is 25.0 Å². The van der Waals surface area contributed by atoms with Crippen LogP contribution in [0.4, 0.5) is 5.69 Å². The van der Waals surface area contributed by atoms with Crippen LogP contribution in [0.2, 0.25) is 0 Å². The molecule has 2 N–H and O–H groups in total. The summed E-state index contributed by atoms with van der Waals surface area (Å²) in [6.45, 7) is 0.233. The summed E-state index contributed by atoms with van der Waals surface area (Å²) in [5.41, 5.74) is 4.46. The standard InChI is InChI=1S/C16H14BrN3O3S/c1-21-12-4-2-11(3-5-12)19-16(24)20-18-8-10-6-14-15(7-13(10)17)23-9-22-14/h2-8H,9H2,1H3,(H2,19,20,24)/b18-8+. The molecule has 0 bridgehead atoms. The normalized spacial score (nSPS) is 12.2. The maximum atomic E-state index is 5.35. The predicted octanol–water partition coefficient (Wildman–Crippen LogP) is 3.51. The van der Waals surface area contributed by atoms with Gasteiger partial charge >= 0.3 is 0 Å². The Morgan fingerprint density at radius 2 is 1.96 bits per heavy atom. The van der Waals surface area contributed by atoms with Crippen LogP contribution in [0.3, 0.4) is 0 Å². The van der Waals surface area contributed by atoms with Crippen molar-refractivity contribution in [2.24, 2.45) is 5.10 Å². The van der Waals surface area contributed by atoms with Crippen LogP contribution >= 0.6 is 28.1 Å². The van der Waals surface area contributed by atoms with Gasteiger partial charge in [-0.05, 0) is 64.5 Å². The average molecular weight is 408 g/mol. The number of rotatable bonds is 4. The molecule has 0 saturated heterocycles. The SMILES string of the molecule is COc1ccc(NC(=S)N/N=C/c2cc3c(cc2Br)OCO3)cc1. The molecule has 0 aromatic heterocycles. The highest BCUT2D eigenvalue weighted by atomic mass is 79.9. The minimum atomic E-state index is 0.233. The fourth-order valence-electron chi connectivity index (χ4n) is 2.03. The van der Waals surface area contributed by atoms with Gasteiger partial charge in [-0.25, -0.2) is 0 Å². The number of anilines is 1. The van der Waals surface area contributed by atoms with Crippen molar-refractivity contribution in [3.8, 4) is 17.2 Å². The van der Waals surface area contributed by atoms with E-state index in [1.165, 1.54) is 0 Å². The third-order valence-corrected chi connectivity index (χ3v) is 4.09. The van der Waals surface area contributed by atoms with Gasteiger partial charge < -0.3 is 19.5 Å². The Hall–Kier alpha value is -2.32. The smallest absolute Gasteiger partial charge is 0.231 e. The zero-order chi connectivity index (χ0) is 16.9. The number of fused-ring (bicyclic) bond motifs is 1. The fourth-order valence-corrected chi connectivity index (χ4v) is 2.62. The molecule has 8 heteroatoms. The van der Waals surface area contributed by atoms with Gasteiger partial charge in [0.1, 0.15) is 5.75 Å². The Bertz CT molecular complexity index is 781. The number of thiocarbonyl (C=S) groups is 1. The van der Waals surface area contributed by atoms with E-state index in [9.17, 15) is 0 Å². The zero-order valence-electron chi connectivity index (χ0n) is 12.7. The summed E-state index contributed by atoms with van der Waals surface area (Å²) in [6, 6.07) is 11.1. The van der Waals surface area contributed by atoms with E-state index in [0.29, 0.717) is 16.6 Å². The first-order valence-corrected chi connectivity index (χ1v) is 8.19. The van der Waals surface area contributed by atoms with Gasteiger partial charge in [-0.2, -0.15) is 5.10 Å². The molecule has 0 aliphatic carbocycles. The topological polar surface area (TPSA) is 64.1 Å². The molecule has 0 radical (unpaired) electrons. The highest BCUT2D eigenvalue weighted by Gasteiger charge is 2.15. The molecule has 1 aliphatic rings. The summed E-state index contributed by atoms with van der Waals surface area (Å²) < 4.78 is 16.6. The first-order chi connectivity index (χ1) is 11.7. The number of methoxy groups -OCH3 is 1. The molecule has 2 aromatic carbocycles. The Morgan fingerprint density at radius 1 is 1.25 bits per heavy atom. The van der Waals surface area contributed by atoms with Crippen molar-refractivity contribution >= 4 is 45.2 Å². The molecule has 1 heterocycles. The summed E-state index contributed by atoms with van der Waals surface area (Å²) >= 11 is 8.67. The number of ether oxygens (including phenoxy) is 3. The number of hydrogen-bond donors (Lipinski definition) is 2. The third-order valence-electron chi connectivity index (χ3n) is 3.21. The van der Waals surface area contributed by atoms with Gasteiger partial charge in [0.2, 0.25) is 6.79 Å². The fraction of sp³-hybridized carbons (Fsp3) is 0.125. The molecule has 3 rings (SSSR count). The van der Waals surface area contributed by atoms with Gasteiger partial charge in [0, 0.05) is 15.7 Å². The molecule has 24 heavy (non-hydrogen) atoms. The lowest BCUT2D eigenvalue weighted by Crippen LogP contribution is -2.23. The quantitative estimate of drug-likeness (QED) is 0.459. The second-order valence-electron chi connectivity index (χ2n) is 4.78. The number of halogens is 1. The Labute approximate surface area is 152 Å². The first-order valence-electron chi connectivity index (χ1n) is 6.99. The molecule has 2 aromatic rings. The van der Waals surface area contributed by atoms with E-state index in [2.05, 4.69) is 31.8 Å². The molecule has 0 amide bonds. The van der Waals surface area contributed by atoms with Crippen LogP contribution in [0.5, 0.6) is 17.2 Å². The largest absolute Gasteiger partial charge is 0.497 e. The van der Waals surface area contributed by atoms with E-state index >= 15 is 0 Å². The molecule has 124 valence electrons. The molecule has 0 fully saturated rings. The van der Waals surface area contributed by atoms with Crippen molar-refractivity contribution in [3.63, 3.8) is 0 Å². The number of hydrogen-bond acceptors (Lipinski definition) is 5. The van der Waals surface area contributed by atoms with Crippen molar-refractivity contribution < 1.29 is 14.2 Å². The maximum absolute atomic E-state index is 5.35. The van der Waals surface area contributed by atoms with E-state index in [1.807, 2.05) is 36.4 Å². The van der Waals surface area contributed by atoms with Crippen molar-refractivity contribution in [2.75, 3.05) is 19.2 Å². The zero-order valence-corrected chi connectivity index (χ0v) is 15.1. The number of nitrogens with one attached hydrogen (secondary N) is 2. The second-order valence-corrected chi connectivity index (χ2v) is 6.04. The highest BCUT2D eigenvalue weighted by molar-refractivity contribution is 9.10. The van der Waals surface area contributed by atoms with E-state index in [-0.39, 0.29) is 6.79 Å². The van der Waals surface area contributed by atoms with Gasteiger partial charge in [0.05, 0.1) is 13.3 Å². The molecule has 6 nitrogen and oxygen atoms in total. The van der Waals surface area contributed by atoms with E-state index in [1.54, 1.807) is 13.3 Å². The summed E-state index contributed by atoms with van der Waals surface area (Å²) in [5.74, 6) is 2.19. The minimum absolute atomic E-state index is 0.233. The van der Waals surface area contributed by atoms with E-state index in [4.69, 9.17) is 26.4 Å². The molecular weight excluding hydrogens is 394 g/mol. The van der Waals surface area contributed by atoms with E-state index < -0.39 is 0 Å². The number of nitrogens with zero attached hydrogens (tertiary/aromatic N) is 1. The Kier molecular flexibility index (Phi) is 5.17. The lowest BCUT2D eigenvalue weighted by molar-refractivity contribution is 0.174. The second kappa shape index (κ2) is 7.50. The number of hydrazone groups is 1. The maximum Gasteiger partial charge on any atom is 0.231 e. The molecule has 0 saturated carbocycles. The molecule has 0 spiro atoms. The summed E-state index contributed by atoms with van der Waals surface area (Å²) in [7, 11) is 1.62. The van der Waals surface area contributed by atoms with Gasteiger partial charge in [0.15, 0.2) is 16.6 Å². The van der Waals surface area contributed by atoms with Crippen molar-refractivity contribution in [3.05, 3.63) is 46.4 Å². The Balaban J connectivity index is 1.58.